The lowest BCUT2D eigenvalue weighted by atomic mass is 10.0. The van der Waals surface area contributed by atoms with Crippen molar-refractivity contribution in [3.05, 3.63) is 71.8 Å². The Morgan fingerprint density at radius 1 is 1.19 bits per heavy atom. The summed E-state index contributed by atoms with van der Waals surface area (Å²) in [6.45, 7) is 0. The Morgan fingerprint density at radius 3 is 2.89 bits per heavy atom. The SMILES string of the molecule is Cn1cc(-c2ccncc2/C=C/C(=O)Nc2ccc3c(c2)CCC3=O)cn1. The highest BCUT2D eigenvalue weighted by Gasteiger charge is 2.19. The van der Waals surface area contributed by atoms with Crippen molar-refractivity contribution in [3.63, 3.8) is 0 Å². The number of nitrogens with one attached hydrogen (secondary N) is 1. The van der Waals surface area contributed by atoms with Crippen molar-refractivity contribution in [1.82, 2.24) is 14.8 Å². The third kappa shape index (κ3) is 3.55. The maximum absolute atomic E-state index is 12.3. The van der Waals surface area contributed by atoms with Crippen LogP contribution in [0, 0.1) is 0 Å². The molecule has 0 bridgehead atoms. The van der Waals surface area contributed by atoms with E-state index in [1.807, 2.05) is 25.4 Å². The number of amides is 1. The van der Waals surface area contributed by atoms with Gasteiger partial charge in [0.2, 0.25) is 5.91 Å². The minimum atomic E-state index is -0.236. The van der Waals surface area contributed by atoms with Crippen LogP contribution in [0.1, 0.15) is 27.9 Å². The quantitative estimate of drug-likeness (QED) is 0.726. The van der Waals surface area contributed by atoms with Gasteiger partial charge in [0.25, 0.3) is 0 Å². The van der Waals surface area contributed by atoms with Crippen molar-refractivity contribution in [2.24, 2.45) is 7.05 Å². The summed E-state index contributed by atoms with van der Waals surface area (Å²) >= 11 is 0. The number of nitrogens with zero attached hydrogens (tertiary/aromatic N) is 3. The first-order chi connectivity index (χ1) is 13.1. The van der Waals surface area contributed by atoms with Gasteiger partial charge in [-0.3, -0.25) is 19.3 Å². The maximum Gasteiger partial charge on any atom is 0.248 e. The molecule has 1 aliphatic rings. The van der Waals surface area contributed by atoms with E-state index < -0.39 is 0 Å². The molecule has 6 heteroatoms. The number of carbonyl (C=O) groups is 2. The van der Waals surface area contributed by atoms with Crippen LogP contribution in [-0.4, -0.2) is 26.5 Å². The van der Waals surface area contributed by atoms with E-state index >= 15 is 0 Å². The fraction of sp³-hybridized carbons (Fsp3) is 0.143. The Balaban J connectivity index is 1.51. The molecule has 1 N–H and O–H groups in total. The van der Waals surface area contributed by atoms with E-state index in [1.165, 1.54) is 6.08 Å². The summed E-state index contributed by atoms with van der Waals surface area (Å²) in [6.07, 6.45) is 11.6. The van der Waals surface area contributed by atoms with Crippen molar-refractivity contribution in [1.29, 1.82) is 0 Å². The van der Waals surface area contributed by atoms with E-state index in [1.54, 1.807) is 41.5 Å². The Labute approximate surface area is 156 Å². The minimum absolute atomic E-state index is 0.169. The molecule has 1 amide bonds. The number of aryl methyl sites for hydroxylation is 2. The van der Waals surface area contributed by atoms with E-state index in [4.69, 9.17) is 0 Å². The fourth-order valence-corrected chi connectivity index (χ4v) is 3.25. The number of Topliss-reactive ketones (excluding diaryl/α,β-unsaturated/α-hetero) is 1. The lowest BCUT2D eigenvalue weighted by Gasteiger charge is -2.05. The van der Waals surface area contributed by atoms with Crippen LogP contribution < -0.4 is 5.32 Å². The van der Waals surface area contributed by atoms with Crippen molar-refractivity contribution in [2.75, 3.05) is 5.32 Å². The number of fused-ring (bicyclic) bond motifs is 1. The highest BCUT2D eigenvalue weighted by molar-refractivity contribution is 6.04. The molecule has 0 saturated carbocycles. The minimum Gasteiger partial charge on any atom is -0.323 e. The monoisotopic (exact) mass is 358 g/mol. The van der Waals surface area contributed by atoms with Gasteiger partial charge in [0.15, 0.2) is 5.78 Å². The van der Waals surface area contributed by atoms with Gasteiger partial charge in [-0.2, -0.15) is 5.10 Å². The molecule has 27 heavy (non-hydrogen) atoms. The molecule has 0 aliphatic heterocycles. The summed E-state index contributed by atoms with van der Waals surface area (Å²) in [6, 6.07) is 7.31. The van der Waals surface area contributed by atoms with Gasteiger partial charge < -0.3 is 5.32 Å². The first kappa shape index (κ1) is 16.9. The number of ketones is 1. The molecule has 1 aliphatic carbocycles. The molecule has 2 heterocycles. The number of aromatic nitrogens is 3. The first-order valence-electron chi connectivity index (χ1n) is 8.68. The topological polar surface area (TPSA) is 76.9 Å². The summed E-state index contributed by atoms with van der Waals surface area (Å²) in [4.78, 5) is 28.1. The van der Waals surface area contributed by atoms with Crippen molar-refractivity contribution < 1.29 is 9.59 Å². The summed E-state index contributed by atoms with van der Waals surface area (Å²) in [7, 11) is 1.86. The molecule has 3 aromatic rings. The van der Waals surface area contributed by atoms with Gasteiger partial charge in [-0.05, 0) is 47.9 Å². The van der Waals surface area contributed by atoms with E-state index in [-0.39, 0.29) is 11.7 Å². The van der Waals surface area contributed by atoms with Crippen molar-refractivity contribution in [3.8, 4) is 11.1 Å². The number of pyridine rings is 1. The molecule has 0 spiro atoms. The number of benzene rings is 1. The molecular formula is C21H18N4O2. The van der Waals surface area contributed by atoms with Crippen LogP contribution in [0.2, 0.25) is 0 Å². The van der Waals surface area contributed by atoms with Gasteiger partial charge in [-0.15, -0.1) is 0 Å². The van der Waals surface area contributed by atoms with Gasteiger partial charge >= 0.3 is 0 Å². The Bertz CT molecular complexity index is 1070. The Hall–Kier alpha value is -3.54. The predicted octanol–water partition coefficient (Wildman–Crippen LogP) is 3.26. The fourth-order valence-electron chi connectivity index (χ4n) is 3.25. The summed E-state index contributed by atoms with van der Waals surface area (Å²) in [5, 5.41) is 7.03. The molecule has 4 rings (SSSR count). The van der Waals surface area contributed by atoms with Gasteiger partial charge in [-0.1, -0.05) is 0 Å². The van der Waals surface area contributed by atoms with Crippen molar-refractivity contribution in [2.45, 2.75) is 12.8 Å². The lowest BCUT2D eigenvalue weighted by Crippen LogP contribution is -2.08. The zero-order valence-electron chi connectivity index (χ0n) is 14.8. The Morgan fingerprint density at radius 2 is 2.07 bits per heavy atom. The molecule has 6 nitrogen and oxygen atoms in total. The molecule has 0 saturated heterocycles. The van der Waals surface area contributed by atoms with Crippen LogP contribution >= 0.6 is 0 Å². The summed E-state index contributed by atoms with van der Waals surface area (Å²) in [5.74, 6) is -0.0671. The molecule has 0 radical (unpaired) electrons. The number of rotatable bonds is 4. The molecule has 0 unspecified atom stereocenters. The molecule has 2 aromatic heterocycles. The molecule has 134 valence electrons. The highest BCUT2D eigenvalue weighted by Crippen LogP contribution is 2.25. The third-order valence-electron chi connectivity index (χ3n) is 4.58. The molecule has 0 fully saturated rings. The molecular weight excluding hydrogens is 340 g/mol. The Kier molecular flexibility index (Phi) is 4.38. The van der Waals surface area contributed by atoms with Crippen LogP contribution in [0.15, 0.2) is 55.1 Å². The summed E-state index contributed by atoms with van der Waals surface area (Å²) in [5.41, 5.74) is 5.20. The van der Waals surface area contributed by atoms with Crippen LogP contribution in [0.4, 0.5) is 5.69 Å². The van der Waals surface area contributed by atoms with Gasteiger partial charge in [-0.25, -0.2) is 0 Å². The lowest BCUT2D eigenvalue weighted by molar-refractivity contribution is -0.111. The second-order valence-electron chi connectivity index (χ2n) is 6.48. The number of hydrogen-bond acceptors (Lipinski definition) is 4. The van der Waals surface area contributed by atoms with Gasteiger partial charge in [0, 0.05) is 60.5 Å². The number of anilines is 1. The van der Waals surface area contributed by atoms with Crippen molar-refractivity contribution >= 4 is 23.5 Å². The standard InChI is InChI=1S/C21H18N4O2/c1-25-13-16(12-23-25)18-8-9-22-11-15(18)3-7-21(27)24-17-4-5-19-14(10-17)2-6-20(19)26/h3-5,7-13H,2,6H2,1H3,(H,24,27)/b7-3+. The average Bonchev–Trinajstić information content (AvgIpc) is 3.26. The molecule has 0 atom stereocenters. The predicted molar refractivity (Wildman–Crippen MR) is 103 cm³/mol. The van der Waals surface area contributed by atoms with Crippen LogP contribution in [0.5, 0.6) is 0 Å². The third-order valence-corrected chi connectivity index (χ3v) is 4.58. The average molecular weight is 358 g/mol. The number of carbonyl (C=O) groups excluding carboxylic acids is 2. The van der Waals surface area contributed by atoms with Gasteiger partial charge in [0.1, 0.15) is 0 Å². The largest absolute Gasteiger partial charge is 0.323 e. The zero-order valence-corrected chi connectivity index (χ0v) is 14.8. The number of hydrogen-bond donors (Lipinski definition) is 1. The van der Waals surface area contributed by atoms with E-state index in [0.717, 1.165) is 34.2 Å². The summed E-state index contributed by atoms with van der Waals surface area (Å²) < 4.78 is 1.73. The normalized spacial score (nSPS) is 13.1. The maximum atomic E-state index is 12.3. The smallest absolute Gasteiger partial charge is 0.248 e. The molecule has 1 aromatic carbocycles. The second-order valence-corrected chi connectivity index (χ2v) is 6.48. The zero-order chi connectivity index (χ0) is 18.8. The van der Waals surface area contributed by atoms with E-state index in [2.05, 4.69) is 15.4 Å². The first-order valence-corrected chi connectivity index (χ1v) is 8.68. The van der Waals surface area contributed by atoms with Crippen LogP contribution in [0.25, 0.3) is 17.2 Å². The highest BCUT2D eigenvalue weighted by atomic mass is 16.1. The second kappa shape index (κ2) is 6.99. The van der Waals surface area contributed by atoms with E-state index in [9.17, 15) is 9.59 Å². The van der Waals surface area contributed by atoms with E-state index in [0.29, 0.717) is 12.1 Å². The van der Waals surface area contributed by atoms with Crippen LogP contribution in [-0.2, 0) is 18.3 Å². The van der Waals surface area contributed by atoms with Crippen LogP contribution in [0.3, 0.4) is 0 Å². The van der Waals surface area contributed by atoms with Gasteiger partial charge in [0.05, 0.1) is 6.20 Å².